The maximum atomic E-state index is 12.0. The molecule has 7 nitrogen and oxygen atoms in total. The molecule has 4 fully saturated rings. The molecular formula is C20H27N5O2. The van der Waals surface area contributed by atoms with E-state index >= 15 is 0 Å². The van der Waals surface area contributed by atoms with Crippen LogP contribution in [0.5, 0.6) is 0 Å². The second kappa shape index (κ2) is 6.19. The van der Waals surface area contributed by atoms with Crippen molar-refractivity contribution in [3.05, 3.63) is 17.5 Å². The summed E-state index contributed by atoms with van der Waals surface area (Å²) in [4.78, 5) is 21.4. The van der Waals surface area contributed by atoms with Crippen LogP contribution in [0.25, 0.3) is 11.0 Å². The van der Waals surface area contributed by atoms with Crippen LogP contribution in [-0.4, -0.2) is 63.0 Å². The summed E-state index contributed by atoms with van der Waals surface area (Å²) in [5.41, 5.74) is 2.74. The van der Waals surface area contributed by atoms with E-state index in [1.165, 1.54) is 38.4 Å². The Kier molecular flexibility index (Phi) is 3.89. The molecule has 5 heterocycles. The van der Waals surface area contributed by atoms with Gasteiger partial charge in [0.1, 0.15) is 5.56 Å². The molecule has 27 heavy (non-hydrogen) atoms. The maximum Gasteiger partial charge on any atom is 0.339 e. The number of aromatic carboxylic acids is 1. The van der Waals surface area contributed by atoms with E-state index in [2.05, 4.69) is 19.9 Å². The summed E-state index contributed by atoms with van der Waals surface area (Å²) >= 11 is 0. The van der Waals surface area contributed by atoms with Crippen molar-refractivity contribution in [1.82, 2.24) is 19.7 Å². The van der Waals surface area contributed by atoms with Gasteiger partial charge in [-0.15, -0.1) is 0 Å². The lowest BCUT2D eigenvalue weighted by molar-refractivity contribution is 0.0697. The van der Waals surface area contributed by atoms with Crippen LogP contribution >= 0.6 is 0 Å². The summed E-state index contributed by atoms with van der Waals surface area (Å²) in [7, 11) is 1.87. The van der Waals surface area contributed by atoms with Gasteiger partial charge < -0.3 is 10.0 Å². The normalized spacial score (nSPS) is 25.9. The average molecular weight is 369 g/mol. The van der Waals surface area contributed by atoms with Gasteiger partial charge in [0.25, 0.3) is 0 Å². The Hall–Kier alpha value is -2.15. The van der Waals surface area contributed by atoms with Crippen LogP contribution in [0.15, 0.2) is 6.20 Å². The minimum Gasteiger partial charge on any atom is -0.478 e. The predicted octanol–water partition coefficient (Wildman–Crippen LogP) is 2.29. The van der Waals surface area contributed by atoms with Gasteiger partial charge in [-0.2, -0.15) is 5.10 Å². The van der Waals surface area contributed by atoms with Gasteiger partial charge in [0, 0.05) is 45.5 Å². The fourth-order valence-electron chi connectivity index (χ4n) is 5.10. The Bertz CT molecular complexity index is 903. The SMILES string of the molecule is Cc1nn(C)c2ncc(C(=O)O)c(N3C[C@@H]4CC[C@H](C3)N(CC3CC3)C4)c12. The number of aryl methyl sites for hydroxylation is 2. The highest BCUT2D eigenvalue weighted by atomic mass is 16.4. The molecule has 0 radical (unpaired) electrons. The molecule has 1 aliphatic carbocycles. The lowest BCUT2D eigenvalue weighted by atomic mass is 9.95. The number of nitrogens with zero attached hydrogens (tertiary/aromatic N) is 5. The number of carbonyl (C=O) groups is 1. The predicted molar refractivity (Wildman–Crippen MR) is 103 cm³/mol. The molecule has 3 saturated heterocycles. The zero-order chi connectivity index (χ0) is 18.7. The second-order valence-electron chi connectivity index (χ2n) is 8.63. The van der Waals surface area contributed by atoms with Crippen LogP contribution in [0.1, 0.15) is 41.7 Å². The Morgan fingerprint density at radius 2 is 2.04 bits per heavy atom. The molecule has 3 aliphatic heterocycles. The monoisotopic (exact) mass is 369 g/mol. The molecule has 0 unspecified atom stereocenters. The molecule has 0 amide bonds. The molecule has 2 aromatic rings. The van der Waals surface area contributed by atoms with Crippen molar-refractivity contribution in [3.63, 3.8) is 0 Å². The van der Waals surface area contributed by atoms with Gasteiger partial charge in [0.2, 0.25) is 0 Å². The highest BCUT2D eigenvalue weighted by molar-refractivity contribution is 6.04. The molecule has 2 aromatic heterocycles. The van der Waals surface area contributed by atoms with Gasteiger partial charge >= 0.3 is 5.97 Å². The van der Waals surface area contributed by atoms with E-state index in [-0.39, 0.29) is 0 Å². The number of carboxylic acids is 1. The number of fused-ring (bicyclic) bond motifs is 5. The standard InChI is InChI=1S/C20H27N5O2/c1-12-17-18(16(20(26)27)7-21-19(17)23(2)22-12)25-10-14-5-6-15(11-25)24(9-14)8-13-3-4-13/h7,13-15H,3-6,8-11H2,1-2H3,(H,26,27)/t14-,15-/m1/s1. The quantitative estimate of drug-likeness (QED) is 0.891. The molecule has 2 atom stereocenters. The first-order chi connectivity index (χ1) is 13.0. The van der Waals surface area contributed by atoms with Crippen molar-refractivity contribution in [3.8, 4) is 0 Å². The van der Waals surface area contributed by atoms with E-state index in [4.69, 9.17) is 0 Å². The number of piperidine rings is 1. The zero-order valence-corrected chi connectivity index (χ0v) is 16.1. The van der Waals surface area contributed by atoms with E-state index < -0.39 is 5.97 Å². The van der Waals surface area contributed by atoms with Gasteiger partial charge in [0.05, 0.1) is 16.8 Å². The summed E-state index contributed by atoms with van der Waals surface area (Å²) in [6.45, 7) is 6.14. The fourth-order valence-corrected chi connectivity index (χ4v) is 5.10. The molecule has 1 saturated carbocycles. The molecule has 0 spiro atoms. The van der Waals surface area contributed by atoms with Gasteiger partial charge in [-0.3, -0.25) is 9.58 Å². The van der Waals surface area contributed by atoms with Crippen molar-refractivity contribution >= 4 is 22.7 Å². The van der Waals surface area contributed by atoms with Crippen LogP contribution in [0.4, 0.5) is 5.69 Å². The zero-order valence-electron chi connectivity index (χ0n) is 16.1. The summed E-state index contributed by atoms with van der Waals surface area (Å²) < 4.78 is 1.76. The van der Waals surface area contributed by atoms with Crippen molar-refractivity contribution in [2.75, 3.05) is 31.1 Å². The van der Waals surface area contributed by atoms with Crippen LogP contribution in [0.2, 0.25) is 0 Å². The number of hydrogen-bond acceptors (Lipinski definition) is 5. The van der Waals surface area contributed by atoms with E-state index in [9.17, 15) is 9.90 Å². The summed E-state index contributed by atoms with van der Waals surface area (Å²) in [5.74, 6) is 0.582. The molecule has 7 heteroatoms. The average Bonchev–Trinajstić information content (AvgIpc) is 3.44. The Balaban J connectivity index is 1.58. The number of aromatic nitrogens is 3. The number of anilines is 1. The minimum atomic E-state index is -0.908. The van der Waals surface area contributed by atoms with Gasteiger partial charge in [-0.05, 0) is 44.4 Å². The summed E-state index contributed by atoms with van der Waals surface area (Å²) in [6.07, 6.45) is 6.72. The third-order valence-corrected chi connectivity index (χ3v) is 6.56. The third-order valence-electron chi connectivity index (χ3n) is 6.56. The van der Waals surface area contributed by atoms with Gasteiger partial charge in [0.15, 0.2) is 5.65 Å². The lowest BCUT2D eigenvalue weighted by Crippen LogP contribution is -2.44. The van der Waals surface area contributed by atoms with E-state index in [0.717, 1.165) is 48.0 Å². The second-order valence-corrected chi connectivity index (χ2v) is 8.63. The van der Waals surface area contributed by atoms with Crippen LogP contribution in [-0.2, 0) is 7.05 Å². The third kappa shape index (κ3) is 2.88. The Labute approximate surface area is 159 Å². The van der Waals surface area contributed by atoms with Gasteiger partial charge in [-0.1, -0.05) is 0 Å². The number of hydrogen-bond donors (Lipinski definition) is 1. The molecule has 6 rings (SSSR count). The van der Waals surface area contributed by atoms with Crippen LogP contribution in [0, 0.1) is 18.8 Å². The van der Waals surface area contributed by atoms with Gasteiger partial charge in [-0.25, -0.2) is 9.78 Å². The van der Waals surface area contributed by atoms with Crippen LogP contribution in [0.3, 0.4) is 0 Å². The molecule has 144 valence electrons. The highest BCUT2D eigenvalue weighted by Gasteiger charge is 2.38. The van der Waals surface area contributed by atoms with Crippen molar-refractivity contribution in [2.45, 2.75) is 38.6 Å². The van der Waals surface area contributed by atoms with Crippen LogP contribution < -0.4 is 4.90 Å². The molecular weight excluding hydrogens is 342 g/mol. The van der Waals surface area contributed by atoms with Crippen molar-refractivity contribution in [1.29, 1.82) is 0 Å². The molecule has 2 bridgehead atoms. The largest absolute Gasteiger partial charge is 0.478 e. The van der Waals surface area contributed by atoms with E-state index in [0.29, 0.717) is 17.5 Å². The number of rotatable bonds is 4. The molecule has 4 aliphatic rings. The lowest BCUT2D eigenvalue weighted by Gasteiger charge is -2.36. The first kappa shape index (κ1) is 17.0. The first-order valence-corrected chi connectivity index (χ1v) is 10.1. The van der Waals surface area contributed by atoms with Crippen molar-refractivity contribution in [2.24, 2.45) is 18.9 Å². The first-order valence-electron chi connectivity index (χ1n) is 10.1. The number of carboxylic acid groups (broad SMARTS) is 1. The topological polar surface area (TPSA) is 74.5 Å². The molecule has 1 N–H and O–H groups in total. The Morgan fingerprint density at radius 1 is 1.22 bits per heavy atom. The smallest absolute Gasteiger partial charge is 0.339 e. The molecule has 0 aromatic carbocycles. The highest BCUT2D eigenvalue weighted by Crippen LogP contribution is 2.39. The summed E-state index contributed by atoms with van der Waals surface area (Å²) in [5, 5.41) is 15.3. The maximum absolute atomic E-state index is 12.0. The Morgan fingerprint density at radius 3 is 2.78 bits per heavy atom. The van der Waals surface area contributed by atoms with E-state index in [1.807, 2.05) is 14.0 Å². The fraction of sp³-hybridized carbons (Fsp3) is 0.650. The number of pyridine rings is 1. The van der Waals surface area contributed by atoms with Crippen molar-refractivity contribution < 1.29 is 9.90 Å². The summed E-state index contributed by atoms with van der Waals surface area (Å²) in [6, 6.07) is 0.520. The minimum absolute atomic E-state index is 0.300. The van der Waals surface area contributed by atoms with E-state index in [1.54, 1.807) is 4.68 Å².